The van der Waals surface area contributed by atoms with Gasteiger partial charge in [0.25, 0.3) is 0 Å². The molecule has 1 N–H and O–H groups in total. The van der Waals surface area contributed by atoms with E-state index in [1.807, 2.05) is 6.07 Å². The minimum atomic E-state index is -0.00548. The van der Waals surface area contributed by atoms with Gasteiger partial charge in [-0.1, -0.05) is 42.5 Å². The first-order valence-electron chi connectivity index (χ1n) is 10.2. The van der Waals surface area contributed by atoms with Crippen molar-refractivity contribution in [1.82, 2.24) is 10.2 Å². The number of nitrogens with zero attached hydrogens (tertiary/aromatic N) is 2. The van der Waals surface area contributed by atoms with Crippen LogP contribution < -0.4 is 10.2 Å². The van der Waals surface area contributed by atoms with Crippen LogP contribution in [0, 0.1) is 0 Å². The smallest absolute Gasteiger partial charge is 0.237 e. The maximum atomic E-state index is 12.7. The fourth-order valence-electron chi connectivity index (χ4n) is 4.24. The van der Waals surface area contributed by atoms with Gasteiger partial charge in [0.1, 0.15) is 0 Å². The molecule has 2 aliphatic rings. The molecule has 0 radical (unpaired) electrons. The van der Waals surface area contributed by atoms with Crippen molar-refractivity contribution in [3.8, 4) is 0 Å². The summed E-state index contributed by atoms with van der Waals surface area (Å²) in [4.78, 5) is 17.5. The molecule has 2 aromatic rings. The van der Waals surface area contributed by atoms with E-state index in [9.17, 15) is 4.79 Å². The van der Waals surface area contributed by atoms with Crippen LogP contribution in [-0.2, 0) is 17.9 Å². The predicted molar refractivity (Wildman–Crippen MR) is 110 cm³/mol. The van der Waals surface area contributed by atoms with E-state index in [1.165, 1.54) is 29.7 Å². The lowest BCUT2D eigenvalue weighted by atomic mass is 10.1. The van der Waals surface area contributed by atoms with Crippen LogP contribution in [0.2, 0.25) is 0 Å². The third-order valence-corrected chi connectivity index (χ3v) is 5.77. The van der Waals surface area contributed by atoms with Crippen molar-refractivity contribution < 1.29 is 4.79 Å². The fraction of sp³-hybridized carbons (Fsp3) is 0.435. The lowest BCUT2D eigenvalue weighted by molar-refractivity contribution is -0.125. The van der Waals surface area contributed by atoms with Gasteiger partial charge >= 0.3 is 0 Å². The molecule has 0 aliphatic carbocycles. The topological polar surface area (TPSA) is 35.6 Å². The minimum absolute atomic E-state index is 0.00548. The average Bonchev–Trinajstić information content (AvgIpc) is 3.40. The Balaban J connectivity index is 1.30. The summed E-state index contributed by atoms with van der Waals surface area (Å²) in [7, 11) is 0. The first kappa shape index (κ1) is 18.1. The van der Waals surface area contributed by atoms with Gasteiger partial charge in [-0.15, -0.1) is 0 Å². The lowest BCUT2D eigenvalue weighted by Gasteiger charge is -2.24. The molecular weight excluding hydrogens is 334 g/mol. The Morgan fingerprint density at radius 2 is 1.63 bits per heavy atom. The molecule has 2 heterocycles. The number of carbonyl (C=O) groups is 1. The first-order valence-corrected chi connectivity index (χ1v) is 10.2. The molecule has 2 saturated heterocycles. The number of benzene rings is 2. The molecule has 2 fully saturated rings. The van der Waals surface area contributed by atoms with Crippen molar-refractivity contribution in [3.05, 3.63) is 65.7 Å². The highest BCUT2D eigenvalue weighted by Gasteiger charge is 2.30. The molecule has 142 valence electrons. The Labute approximate surface area is 162 Å². The van der Waals surface area contributed by atoms with Crippen molar-refractivity contribution in [1.29, 1.82) is 0 Å². The SMILES string of the molecule is O=C(NCc1ccc(N2CCCC2)cc1)C1CCCN1Cc1ccccc1. The van der Waals surface area contributed by atoms with Gasteiger partial charge in [0, 0.05) is 31.9 Å². The molecule has 1 unspecified atom stereocenters. The maximum absolute atomic E-state index is 12.7. The number of nitrogens with one attached hydrogen (secondary N) is 1. The van der Waals surface area contributed by atoms with Crippen LogP contribution in [0.15, 0.2) is 54.6 Å². The van der Waals surface area contributed by atoms with E-state index >= 15 is 0 Å². The normalized spacial score (nSPS) is 20.1. The van der Waals surface area contributed by atoms with Crippen LogP contribution in [0.4, 0.5) is 5.69 Å². The summed E-state index contributed by atoms with van der Waals surface area (Å²) < 4.78 is 0. The Morgan fingerprint density at radius 1 is 0.889 bits per heavy atom. The lowest BCUT2D eigenvalue weighted by Crippen LogP contribution is -2.42. The van der Waals surface area contributed by atoms with Crippen molar-refractivity contribution in [2.45, 2.75) is 44.8 Å². The molecule has 4 rings (SSSR count). The number of rotatable bonds is 6. The van der Waals surface area contributed by atoms with Crippen LogP contribution in [0.25, 0.3) is 0 Å². The molecule has 2 aromatic carbocycles. The molecule has 2 aliphatic heterocycles. The monoisotopic (exact) mass is 363 g/mol. The fourth-order valence-corrected chi connectivity index (χ4v) is 4.24. The van der Waals surface area contributed by atoms with Gasteiger partial charge < -0.3 is 10.2 Å². The highest BCUT2D eigenvalue weighted by molar-refractivity contribution is 5.82. The zero-order valence-electron chi connectivity index (χ0n) is 15.9. The summed E-state index contributed by atoms with van der Waals surface area (Å²) >= 11 is 0. The Bertz CT molecular complexity index is 738. The summed E-state index contributed by atoms with van der Waals surface area (Å²) in [6.45, 7) is 4.78. The molecule has 4 heteroatoms. The minimum Gasteiger partial charge on any atom is -0.372 e. The summed E-state index contributed by atoms with van der Waals surface area (Å²) in [6, 6.07) is 19.1. The van der Waals surface area contributed by atoms with Gasteiger partial charge in [-0.3, -0.25) is 9.69 Å². The van der Waals surface area contributed by atoms with Crippen LogP contribution in [-0.4, -0.2) is 36.5 Å². The van der Waals surface area contributed by atoms with Crippen LogP contribution in [0.1, 0.15) is 36.8 Å². The van der Waals surface area contributed by atoms with Crippen molar-refractivity contribution in [3.63, 3.8) is 0 Å². The Kier molecular flexibility index (Phi) is 5.73. The molecule has 0 bridgehead atoms. The van der Waals surface area contributed by atoms with Crippen molar-refractivity contribution >= 4 is 11.6 Å². The summed E-state index contributed by atoms with van der Waals surface area (Å²) in [6.07, 6.45) is 4.62. The highest BCUT2D eigenvalue weighted by Crippen LogP contribution is 2.22. The van der Waals surface area contributed by atoms with E-state index in [4.69, 9.17) is 0 Å². The summed E-state index contributed by atoms with van der Waals surface area (Å²) in [5.41, 5.74) is 3.74. The molecule has 27 heavy (non-hydrogen) atoms. The largest absolute Gasteiger partial charge is 0.372 e. The average molecular weight is 364 g/mol. The number of anilines is 1. The third kappa shape index (κ3) is 4.51. The zero-order chi connectivity index (χ0) is 18.5. The second-order valence-corrected chi connectivity index (χ2v) is 7.69. The Morgan fingerprint density at radius 3 is 2.37 bits per heavy atom. The third-order valence-electron chi connectivity index (χ3n) is 5.77. The van der Waals surface area contributed by atoms with Crippen LogP contribution in [0.5, 0.6) is 0 Å². The number of hydrogen-bond acceptors (Lipinski definition) is 3. The van der Waals surface area contributed by atoms with E-state index in [0.29, 0.717) is 6.54 Å². The zero-order valence-corrected chi connectivity index (χ0v) is 15.9. The van der Waals surface area contributed by atoms with Gasteiger partial charge in [0.15, 0.2) is 0 Å². The molecule has 1 amide bonds. The highest BCUT2D eigenvalue weighted by atomic mass is 16.2. The molecule has 0 saturated carbocycles. The quantitative estimate of drug-likeness (QED) is 0.852. The number of amides is 1. The van der Waals surface area contributed by atoms with Gasteiger partial charge in [0.05, 0.1) is 6.04 Å². The van der Waals surface area contributed by atoms with E-state index in [-0.39, 0.29) is 11.9 Å². The maximum Gasteiger partial charge on any atom is 0.237 e. The second-order valence-electron chi connectivity index (χ2n) is 7.69. The van der Waals surface area contributed by atoms with Gasteiger partial charge in [-0.25, -0.2) is 0 Å². The van der Waals surface area contributed by atoms with Crippen LogP contribution >= 0.6 is 0 Å². The van der Waals surface area contributed by atoms with E-state index < -0.39 is 0 Å². The van der Waals surface area contributed by atoms with Crippen molar-refractivity contribution in [2.75, 3.05) is 24.5 Å². The molecule has 4 nitrogen and oxygen atoms in total. The second kappa shape index (κ2) is 8.57. The van der Waals surface area contributed by atoms with Gasteiger partial charge in [-0.2, -0.15) is 0 Å². The number of hydrogen-bond donors (Lipinski definition) is 1. The molecule has 0 spiro atoms. The summed E-state index contributed by atoms with van der Waals surface area (Å²) in [5.74, 6) is 0.159. The van der Waals surface area contributed by atoms with E-state index in [0.717, 1.165) is 39.0 Å². The van der Waals surface area contributed by atoms with Crippen molar-refractivity contribution in [2.24, 2.45) is 0 Å². The number of carbonyl (C=O) groups excluding carboxylic acids is 1. The Hall–Kier alpha value is -2.33. The van der Waals surface area contributed by atoms with Gasteiger partial charge in [0.2, 0.25) is 5.91 Å². The molecular formula is C23H29N3O. The standard InChI is InChI=1S/C23H29N3O/c27-23(22-9-6-16-26(22)18-20-7-2-1-3-8-20)24-17-19-10-12-21(13-11-19)25-14-4-5-15-25/h1-3,7-8,10-13,22H,4-6,9,14-18H2,(H,24,27). The molecule has 1 atom stereocenters. The predicted octanol–water partition coefficient (Wildman–Crippen LogP) is 3.57. The van der Waals surface area contributed by atoms with E-state index in [1.54, 1.807) is 0 Å². The molecule has 0 aromatic heterocycles. The van der Waals surface area contributed by atoms with E-state index in [2.05, 4.69) is 63.6 Å². The first-order chi connectivity index (χ1) is 13.3. The van der Waals surface area contributed by atoms with Gasteiger partial charge in [-0.05, 0) is 55.5 Å². The summed E-state index contributed by atoms with van der Waals surface area (Å²) in [5, 5.41) is 3.15. The van der Waals surface area contributed by atoms with Crippen LogP contribution in [0.3, 0.4) is 0 Å². The number of likely N-dealkylation sites (tertiary alicyclic amines) is 1.